The number of epoxide rings is 1. The Morgan fingerprint density at radius 3 is 2.84 bits per heavy atom. The molecule has 19 heavy (non-hydrogen) atoms. The van der Waals surface area contributed by atoms with Crippen LogP contribution in [0.5, 0.6) is 0 Å². The van der Waals surface area contributed by atoms with E-state index in [9.17, 15) is 14.4 Å². The van der Waals surface area contributed by atoms with E-state index in [1.165, 1.54) is 6.92 Å². The molecule has 0 aromatic rings. The number of ether oxygens (including phenoxy) is 1. The molecule has 7 heteroatoms. The van der Waals surface area contributed by atoms with Gasteiger partial charge < -0.3 is 20.9 Å². The number of ketones is 1. The van der Waals surface area contributed by atoms with Gasteiger partial charge in [-0.3, -0.25) is 9.59 Å². The fourth-order valence-electron chi connectivity index (χ4n) is 2.45. The van der Waals surface area contributed by atoms with Crippen molar-refractivity contribution in [1.29, 1.82) is 0 Å². The highest BCUT2D eigenvalue weighted by molar-refractivity contribution is 5.87. The lowest BCUT2D eigenvalue weighted by atomic mass is 9.84. The summed E-state index contributed by atoms with van der Waals surface area (Å²) in [5, 5.41) is 11.5. The lowest BCUT2D eigenvalue weighted by molar-refractivity contribution is -0.142. The molecule has 1 saturated carbocycles. The van der Waals surface area contributed by atoms with Crippen LogP contribution in [0.1, 0.15) is 26.2 Å². The molecule has 0 radical (unpaired) electrons. The second-order valence-corrected chi connectivity index (χ2v) is 5.21. The van der Waals surface area contributed by atoms with Crippen molar-refractivity contribution in [2.24, 2.45) is 11.7 Å². The molecule has 1 aliphatic heterocycles. The molecule has 1 amide bonds. The van der Waals surface area contributed by atoms with Crippen LogP contribution in [0.3, 0.4) is 0 Å². The van der Waals surface area contributed by atoms with Crippen molar-refractivity contribution in [1.82, 2.24) is 5.32 Å². The van der Waals surface area contributed by atoms with Gasteiger partial charge in [-0.2, -0.15) is 0 Å². The van der Waals surface area contributed by atoms with Gasteiger partial charge in [-0.25, -0.2) is 4.79 Å². The Balaban J connectivity index is 1.92. The van der Waals surface area contributed by atoms with Crippen LogP contribution in [0.4, 0.5) is 0 Å². The molecule has 0 unspecified atom stereocenters. The van der Waals surface area contributed by atoms with E-state index in [1.807, 2.05) is 0 Å². The first-order valence-electron chi connectivity index (χ1n) is 6.37. The van der Waals surface area contributed by atoms with E-state index in [1.54, 1.807) is 0 Å². The van der Waals surface area contributed by atoms with Crippen LogP contribution in [-0.2, 0) is 19.1 Å². The van der Waals surface area contributed by atoms with Crippen LogP contribution >= 0.6 is 0 Å². The number of carbonyl (C=O) groups excluding carboxylic acids is 2. The van der Waals surface area contributed by atoms with Gasteiger partial charge in [0.2, 0.25) is 5.91 Å². The zero-order chi connectivity index (χ0) is 14.2. The molecule has 1 heterocycles. The van der Waals surface area contributed by atoms with E-state index >= 15 is 0 Å². The van der Waals surface area contributed by atoms with Crippen molar-refractivity contribution >= 4 is 17.7 Å². The van der Waals surface area contributed by atoms with Crippen molar-refractivity contribution in [3.63, 3.8) is 0 Å². The van der Waals surface area contributed by atoms with E-state index < -0.39 is 24.0 Å². The topological polar surface area (TPSA) is 122 Å². The first-order valence-corrected chi connectivity index (χ1v) is 6.37. The molecule has 0 aromatic carbocycles. The minimum Gasteiger partial charge on any atom is -0.480 e. The summed E-state index contributed by atoms with van der Waals surface area (Å²) in [7, 11) is 0. The molecular weight excluding hydrogens is 252 g/mol. The average Bonchev–Trinajstić information content (AvgIpc) is 3.11. The molecule has 4 N–H and O–H groups in total. The normalized spacial score (nSPS) is 32.1. The number of amides is 1. The number of hydrogen-bond donors (Lipinski definition) is 3. The van der Waals surface area contributed by atoms with Crippen LogP contribution in [0.25, 0.3) is 0 Å². The van der Waals surface area contributed by atoms with Crippen molar-refractivity contribution < 1.29 is 24.2 Å². The van der Waals surface area contributed by atoms with E-state index in [0.717, 1.165) is 0 Å². The van der Waals surface area contributed by atoms with Gasteiger partial charge in [0.05, 0.1) is 12.1 Å². The van der Waals surface area contributed by atoms with Gasteiger partial charge in [0.1, 0.15) is 12.1 Å². The summed E-state index contributed by atoms with van der Waals surface area (Å²) in [6.07, 6.45) is 0.770. The van der Waals surface area contributed by atoms with Crippen LogP contribution in [0.15, 0.2) is 0 Å². The van der Waals surface area contributed by atoms with Crippen LogP contribution in [0, 0.1) is 5.92 Å². The number of carbonyl (C=O) groups is 3. The summed E-state index contributed by atoms with van der Waals surface area (Å²) < 4.78 is 5.26. The maximum absolute atomic E-state index is 11.5. The molecule has 7 nitrogen and oxygen atoms in total. The number of hydrogen-bond acceptors (Lipinski definition) is 5. The Labute approximate surface area is 110 Å². The fraction of sp³-hybridized carbons (Fsp3) is 0.750. The molecule has 2 rings (SSSR count). The summed E-state index contributed by atoms with van der Waals surface area (Å²) in [5.41, 5.74) is 5.40. The first-order chi connectivity index (χ1) is 8.90. The second kappa shape index (κ2) is 5.26. The van der Waals surface area contributed by atoms with Gasteiger partial charge in [0.15, 0.2) is 5.78 Å². The molecule has 0 spiro atoms. The third-order valence-electron chi connectivity index (χ3n) is 3.64. The highest BCUT2D eigenvalue weighted by Gasteiger charge is 2.53. The number of rotatable bonds is 5. The van der Waals surface area contributed by atoms with Gasteiger partial charge >= 0.3 is 5.97 Å². The molecule has 2 fully saturated rings. The predicted octanol–water partition coefficient (Wildman–Crippen LogP) is -0.960. The number of fused-ring (bicyclic) bond motifs is 1. The smallest absolute Gasteiger partial charge is 0.326 e. The Morgan fingerprint density at radius 2 is 2.26 bits per heavy atom. The Kier molecular flexibility index (Phi) is 3.86. The third kappa shape index (κ3) is 3.10. The van der Waals surface area contributed by atoms with Gasteiger partial charge in [-0.05, 0) is 25.7 Å². The fourth-order valence-corrected chi connectivity index (χ4v) is 2.45. The molecule has 5 atom stereocenters. The number of nitrogens with one attached hydrogen (secondary N) is 1. The molecular formula is C12H18N2O5. The maximum Gasteiger partial charge on any atom is 0.326 e. The standard InChI is InChI=1S/C12H18N2O5/c1-5(13)11(16)14-7(12(17)18)4-6-2-3-8(15)10-9(6)19-10/h5-7,9-10H,2-4,13H2,1H3,(H,14,16)(H,17,18)/t5-,6-,7-,9+,10-/m0/s1. The number of Topliss-reactive ketones (excluding diaryl/α,β-unsaturated/α-hetero) is 1. The van der Waals surface area contributed by atoms with Crippen LogP contribution in [0.2, 0.25) is 0 Å². The van der Waals surface area contributed by atoms with Crippen molar-refractivity contribution in [2.45, 2.75) is 50.5 Å². The minimum atomic E-state index is -1.09. The number of carboxylic acid groups (broad SMARTS) is 1. The van der Waals surface area contributed by atoms with Crippen LogP contribution in [-0.4, -0.2) is 47.1 Å². The van der Waals surface area contributed by atoms with Crippen LogP contribution < -0.4 is 11.1 Å². The van der Waals surface area contributed by atoms with Gasteiger partial charge in [0.25, 0.3) is 0 Å². The van der Waals surface area contributed by atoms with Gasteiger partial charge in [-0.1, -0.05) is 0 Å². The quantitative estimate of drug-likeness (QED) is 0.553. The first kappa shape index (κ1) is 14.0. The van der Waals surface area contributed by atoms with E-state index in [-0.39, 0.29) is 30.3 Å². The van der Waals surface area contributed by atoms with E-state index in [4.69, 9.17) is 15.6 Å². The Morgan fingerprint density at radius 1 is 1.58 bits per heavy atom. The molecule has 1 saturated heterocycles. The highest BCUT2D eigenvalue weighted by Crippen LogP contribution is 2.40. The molecule has 0 aromatic heterocycles. The summed E-state index contributed by atoms with van der Waals surface area (Å²) in [4.78, 5) is 34.0. The zero-order valence-corrected chi connectivity index (χ0v) is 10.7. The Bertz CT molecular complexity index is 409. The van der Waals surface area contributed by atoms with Gasteiger partial charge in [-0.15, -0.1) is 0 Å². The SMILES string of the molecule is C[C@H](N)C(=O)N[C@@H](C[C@@H]1CCC(=O)[C@@H]2O[C@H]12)C(=O)O. The van der Waals surface area contributed by atoms with Crippen molar-refractivity contribution in [2.75, 3.05) is 0 Å². The summed E-state index contributed by atoms with van der Waals surface area (Å²) in [6.45, 7) is 1.49. The maximum atomic E-state index is 11.5. The average molecular weight is 270 g/mol. The second-order valence-electron chi connectivity index (χ2n) is 5.21. The molecule has 106 valence electrons. The number of nitrogens with two attached hydrogens (primary N) is 1. The third-order valence-corrected chi connectivity index (χ3v) is 3.64. The highest BCUT2D eigenvalue weighted by atomic mass is 16.6. The number of aliphatic carboxylic acids is 1. The molecule has 0 bridgehead atoms. The largest absolute Gasteiger partial charge is 0.480 e. The number of carboxylic acids is 1. The van der Waals surface area contributed by atoms with E-state index in [2.05, 4.69) is 5.32 Å². The lowest BCUT2D eigenvalue weighted by Crippen LogP contribution is -2.48. The van der Waals surface area contributed by atoms with Crippen molar-refractivity contribution in [3.8, 4) is 0 Å². The van der Waals surface area contributed by atoms with Crippen molar-refractivity contribution in [3.05, 3.63) is 0 Å². The monoisotopic (exact) mass is 270 g/mol. The lowest BCUT2D eigenvalue weighted by Gasteiger charge is -2.23. The zero-order valence-electron chi connectivity index (χ0n) is 10.7. The summed E-state index contributed by atoms with van der Waals surface area (Å²) in [6, 6.07) is -1.73. The Hall–Kier alpha value is -1.47. The van der Waals surface area contributed by atoms with E-state index in [0.29, 0.717) is 12.8 Å². The molecule has 1 aliphatic carbocycles. The van der Waals surface area contributed by atoms with Gasteiger partial charge in [0, 0.05) is 6.42 Å². The summed E-state index contributed by atoms with van der Waals surface area (Å²) >= 11 is 0. The molecule has 2 aliphatic rings. The minimum absolute atomic E-state index is 0.00261. The predicted molar refractivity (Wildman–Crippen MR) is 64.2 cm³/mol. The summed E-state index contributed by atoms with van der Waals surface area (Å²) in [5.74, 6) is -1.50.